The average molecular weight is 236 g/mol. The summed E-state index contributed by atoms with van der Waals surface area (Å²) >= 11 is 0. The van der Waals surface area contributed by atoms with E-state index in [-0.39, 0.29) is 18.3 Å². The lowest BCUT2D eigenvalue weighted by molar-refractivity contribution is 0.119. The first kappa shape index (κ1) is 12.2. The van der Waals surface area contributed by atoms with Crippen LogP contribution in [0.3, 0.4) is 0 Å². The Morgan fingerprint density at radius 2 is 2.06 bits per heavy atom. The second-order valence-electron chi connectivity index (χ2n) is 4.80. The molecule has 0 aromatic heterocycles. The van der Waals surface area contributed by atoms with Crippen molar-refractivity contribution in [1.29, 1.82) is 0 Å². The first-order valence-electron chi connectivity index (χ1n) is 6.32. The van der Waals surface area contributed by atoms with E-state index in [4.69, 9.17) is 4.74 Å². The molecule has 1 aromatic carbocycles. The summed E-state index contributed by atoms with van der Waals surface area (Å²) in [6.45, 7) is 0.716. The van der Waals surface area contributed by atoms with E-state index in [0.717, 1.165) is 0 Å². The van der Waals surface area contributed by atoms with Crippen LogP contribution < -0.4 is 4.74 Å². The number of phenolic OH excluding ortho intramolecular Hbond substituents is 1. The molecule has 17 heavy (non-hydrogen) atoms. The van der Waals surface area contributed by atoms with Crippen molar-refractivity contribution in [3.05, 3.63) is 24.3 Å². The number of aromatic hydroxyl groups is 1. The minimum absolute atomic E-state index is 0.184. The molecule has 1 unspecified atom stereocenters. The fourth-order valence-corrected chi connectivity index (χ4v) is 2.54. The van der Waals surface area contributed by atoms with Crippen LogP contribution in [0.5, 0.6) is 11.5 Å². The van der Waals surface area contributed by atoms with Crippen LogP contribution in [0.1, 0.15) is 25.7 Å². The monoisotopic (exact) mass is 236 g/mol. The summed E-state index contributed by atoms with van der Waals surface area (Å²) in [5.74, 6) is 1.70. The third-order valence-electron chi connectivity index (χ3n) is 3.58. The maximum atomic E-state index is 9.39. The fraction of sp³-hybridized carbons (Fsp3) is 0.571. The summed E-state index contributed by atoms with van der Waals surface area (Å²) in [6, 6.07) is 6.80. The van der Waals surface area contributed by atoms with Gasteiger partial charge in [-0.15, -0.1) is 0 Å². The van der Waals surface area contributed by atoms with Gasteiger partial charge in [0, 0.05) is 18.6 Å². The molecule has 1 aliphatic rings. The minimum Gasteiger partial charge on any atom is -0.508 e. The molecule has 1 aromatic rings. The summed E-state index contributed by atoms with van der Waals surface area (Å²) < 4.78 is 5.63. The Bertz CT molecular complexity index is 345. The highest BCUT2D eigenvalue weighted by molar-refractivity contribution is 5.31. The number of ether oxygens (including phenoxy) is 1. The zero-order chi connectivity index (χ0) is 12.1. The molecule has 94 valence electrons. The van der Waals surface area contributed by atoms with Gasteiger partial charge in [-0.3, -0.25) is 0 Å². The Morgan fingerprint density at radius 3 is 2.71 bits per heavy atom. The predicted octanol–water partition coefficient (Wildman–Crippen LogP) is 2.57. The molecule has 0 radical (unpaired) electrons. The Balaban J connectivity index is 1.87. The first-order valence-corrected chi connectivity index (χ1v) is 6.32. The number of aliphatic hydroxyl groups is 1. The Labute approximate surface area is 102 Å². The molecule has 0 heterocycles. The van der Waals surface area contributed by atoms with E-state index in [9.17, 15) is 10.2 Å². The highest BCUT2D eigenvalue weighted by atomic mass is 16.5. The lowest BCUT2D eigenvalue weighted by Crippen LogP contribution is -2.23. The molecule has 0 bridgehead atoms. The summed E-state index contributed by atoms with van der Waals surface area (Å²) in [5.41, 5.74) is 0. The maximum absolute atomic E-state index is 9.39. The first-order chi connectivity index (χ1) is 8.29. The van der Waals surface area contributed by atoms with Crippen LogP contribution in [-0.4, -0.2) is 23.4 Å². The largest absolute Gasteiger partial charge is 0.508 e. The van der Waals surface area contributed by atoms with Crippen molar-refractivity contribution in [2.75, 3.05) is 13.2 Å². The smallest absolute Gasteiger partial charge is 0.122 e. The van der Waals surface area contributed by atoms with Crippen LogP contribution >= 0.6 is 0 Å². The Morgan fingerprint density at radius 1 is 1.29 bits per heavy atom. The molecule has 2 rings (SSSR count). The van der Waals surface area contributed by atoms with E-state index >= 15 is 0 Å². The van der Waals surface area contributed by atoms with E-state index in [0.29, 0.717) is 18.3 Å². The lowest BCUT2D eigenvalue weighted by Gasteiger charge is -2.21. The van der Waals surface area contributed by atoms with Crippen molar-refractivity contribution >= 4 is 0 Å². The number of aliphatic hydroxyl groups excluding tert-OH is 1. The highest BCUT2D eigenvalue weighted by Crippen LogP contribution is 2.31. The molecule has 3 heteroatoms. The lowest BCUT2D eigenvalue weighted by atomic mass is 9.92. The molecule has 0 spiro atoms. The van der Waals surface area contributed by atoms with Crippen molar-refractivity contribution < 1.29 is 14.9 Å². The average Bonchev–Trinajstić information content (AvgIpc) is 2.84. The zero-order valence-corrected chi connectivity index (χ0v) is 10.0. The summed E-state index contributed by atoms with van der Waals surface area (Å²) in [6.07, 6.45) is 4.95. The molecule has 0 amide bonds. The molecule has 1 aliphatic carbocycles. The number of benzene rings is 1. The SMILES string of the molecule is OCC(COc1cccc(O)c1)C1CCCC1. The quantitative estimate of drug-likeness (QED) is 0.826. The third-order valence-corrected chi connectivity index (χ3v) is 3.58. The summed E-state index contributed by atoms with van der Waals surface area (Å²) in [5, 5.41) is 18.7. The van der Waals surface area contributed by atoms with Gasteiger partial charge in [-0.1, -0.05) is 18.9 Å². The van der Waals surface area contributed by atoms with Crippen molar-refractivity contribution in [2.24, 2.45) is 11.8 Å². The Hall–Kier alpha value is -1.22. The van der Waals surface area contributed by atoms with Crippen LogP contribution in [0.15, 0.2) is 24.3 Å². The van der Waals surface area contributed by atoms with E-state index < -0.39 is 0 Å². The molecular weight excluding hydrogens is 216 g/mol. The standard InChI is InChI=1S/C14H20O3/c15-9-12(11-4-1-2-5-11)10-17-14-7-3-6-13(16)8-14/h3,6-8,11-12,15-16H,1-2,4-5,9-10H2. The van der Waals surface area contributed by atoms with Gasteiger partial charge < -0.3 is 14.9 Å². The van der Waals surface area contributed by atoms with E-state index in [1.807, 2.05) is 6.07 Å². The van der Waals surface area contributed by atoms with E-state index in [1.54, 1.807) is 18.2 Å². The normalized spacial score (nSPS) is 18.2. The van der Waals surface area contributed by atoms with Crippen molar-refractivity contribution in [3.8, 4) is 11.5 Å². The van der Waals surface area contributed by atoms with Crippen LogP contribution in [0.2, 0.25) is 0 Å². The van der Waals surface area contributed by atoms with E-state index in [1.165, 1.54) is 25.7 Å². The van der Waals surface area contributed by atoms with Gasteiger partial charge in [0.25, 0.3) is 0 Å². The van der Waals surface area contributed by atoms with Crippen LogP contribution in [0.4, 0.5) is 0 Å². The summed E-state index contributed by atoms with van der Waals surface area (Å²) in [7, 11) is 0. The molecular formula is C14H20O3. The van der Waals surface area contributed by atoms with Gasteiger partial charge in [-0.05, 0) is 30.9 Å². The topological polar surface area (TPSA) is 49.7 Å². The van der Waals surface area contributed by atoms with Gasteiger partial charge in [0.2, 0.25) is 0 Å². The highest BCUT2D eigenvalue weighted by Gasteiger charge is 2.24. The fourth-order valence-electron chi connectivity index (χ4n) is 2.54. The van der Waals surface area contributed by atoms with Gasteiger partial charge >= 0.3 is 0 Å². The van der Waals surface area contributed by atoms with Crippen LogP contribution in [0.25, 0.3) is 0 Å². The Kier molecular flexibility index (Phi) is 4.26. The number of phenols is 1. The third kappa shape index (κ3) is 3.37. The zero-order valence-electron chi connectivity index (χ0n) is 10.0. The second kappa shape index (κ2) is 5.92. The summed E-state index contributed by atoms with van der Waals surface area (Å²) in [4.78, 5) is 0. The van der Waals surface area contributed by atoms with E-state index in [2.05, 4.69) is 0 Å². The predicted molar refractivity (Wildman–Crippen MR) is 66.1 cm³/mol. The molecule has 1 fully saturated rings. The van der Waals surface area contributed by atoms with Crippen molar-refractivity contribution in [1.82, 2.24) is 0 Å². The van der Waals surface area contributed by atoms with Gasteiger partial charge in [0.15, 0.2) is 0 Å². The number of hydrogen-bond acceptors (Lipinski definition) is 3. The maximum Gasteiger partial charge on any atom is 0.122 e. The van der Waals surface area contributed by atoms with Crippen LogP contribution in [-0.2, 0) is 0 Å². The molecule has 2 N–H and O–H groups in total. The van der Waals surface area contributed by atoms with Gasteiger partial charge in [0.05, 0.1) is 6.61 Å². The van der Waals surface area contributed by atoms with Gasteiger partial charge in [0.1, 0.15) is 11.5 Å². The molecule has 1 saturated carbocycles. The van der Waals surface area contributed by atoms with Crippen molar-refractivity contribution in [3.63, 3.8) is 0 Å². The molecule has 0 saturated heterocycles. The van der Waals surface area contributed by atoms with Gasteiger partial charge in [-0.2, -0.15) is 0 Å². The molecule has 0 aliphatic heterocycles. The van der Waals surface area contributed by atoms with Crippen molar-refractivity contribution in [2.45, 2.75) is 25.7 Å². The molecule has 1 atom stereocenters. The second-order valence-corrected chi connectivity index (χ2v) is 4.80. The van der Waals surface area contributed by atoms with Crippen LogP contribution in [0, 0.1) is 11.8 Å². The molecule has 3 nitrogen and oxygen atoms in total. The number of rotatable bonds is 5. The van der Waals surface area contributed by atoms with Gasteiger partial charge in [-0.25, -0.2) is 0 Å². The minimum atomic E-state index is 0.184. The number of hydrogen-bond donors (Lipinski definition) is 2.